The molecule has 0 aliphatic rings. The molecule has 124 valence electrons. The Morgan fingerprint density at radius 3 is 2.35 bits per heavy atom. The Labute approximate surface area is 142 Å². The average molecular weight is 331 g/mol. The van der Waals surface area contributed by atoms with Crippen LogP contribution >= 0.6 is 11.3 Å². The largest absolute Gasteiger partial charge is 0.344 e. The molecule has 0 aliphatic heterocycles. The molecule has 0 aliphatic carbocycles. The molecule has 1 heterocycles. The molecule has 1 aromatic carbocycles. The first-order chi connectivity index (χ1) is 10.9. The molecule has 0 spiro atoms. The van der Waals surface area contributed by atoms with Gasteiger partial charge in [0.05, 0.1) is 11.2 Å². The van der Waals surface area contributed by atoms with Gasteiger partial charge >= 0.3 is 0 Å². The third-order valence-electron chi connectivity index (χ3n) is 4.04. The summed E-state index contributed by atoms with van der Waals surface area (Å²) in [6, 6.07) is 7.95. The summed E-state index contributed by atoms with van der Waals surface area (Å²) in [6.07, 6.45) is 0.854. The van der Waals surface area contributed by atoms with Crippen molar-refractivity contribution in [3.8, 4) is 0 Å². The maximum Gasteiger partial charge on any atom is 0.244 e. The second kappa shape index (κ2) is 7.70. The van der Waals surface area contributed by atoms with E-state index in [1.54, 1.807) is 11.3 Å². The summed E-state index contributed by atoms with van der Waals surface area (Å²) >= 11 is 1.66. The quantitative estimate of drug-likeness (QED) is 0.816. The van der Waals surface area contributed by atoms with E-state index in [0.717, 1.165) is 17.7 Å². The summed E-state index contributed by atoms with van der Waals surface area (Å²) in [5, 5.41) is 0. The van der Waals surface area contributed by atoms with Crippen LogP contribution in [-0.2, 0) is 11.2 Å². The Hall–Kier alpha value is -1.72. The molecule has 0 N–H and O–H groups in total. The zero-order chi connectivity index (χ0) is 17.0. The summed E-state index contributed by atoms with van der Waals surface area (Å²) in [4.78, 5) is 22.2. The minimum absolute atomic E-state index is 0.126. The first-order valence-electron chi connectivity index (χ1n) is 7.77. The molecule has 0 radical (unpaired) electrons. The molecular formula is C18H25N3OS. The molecule has 0 unspecified atom stereocenters. The van der Waals surface area contributed by atoms with Gasteiger partial charge in [-0.15, -0.1) is 11.3 Å². The van der Waals surface area contributed by atoms with Crippen molar-refractivity contribution in [2.45, 2.75) is 26.3 Å². The summed E-state index contributed by atoms with van der Waals surface area (Å²) in [6.45, 7) is 4.78. The van der Waals surface area contributed by atoms with Crippen LogP contribution in [0.4, 0.5) is 0 Å². The second-order valence-corrected chi connectivity index (χ2v) is 7.09. The summed E-state index contributed by atoms with van der Waals surface area (Å²) in [5.74, 6) is 0.126. The van der Waals surface area contributed by atoms with Crippen LogP contribution in [0.3, 0.4) is 0 Å². The molecule has 5 heteroatoms. The van der Waals surface area contributed by atoms with Crippen LogP contribution in [0.5, 0.6) is 0 Å². The molecule has 0 saturated heterocycles. The molecule has 1 aromatic heterocycles. The molecule has 2 rings (SSSR count). The van der Waals surface area contributed by atoms with Gasteiger partial charge < -0.3 is 4.90 Å². The predicted octanol–water partition coefficient (Wildman–Crippen LogP) is 3.06. The number of hydrogen-bond acceptors (Lipinski definition) is 4. The van der Waals surface area contributed by atoms with Crippen LogP contribution in [0, 0.1) is 13.8 Å². The van der Waals surface area contributed by atoms with E-state index in [4.69, 9.17) is 0 Å². The van der Waals surface area contributed by atoms with E-state index >= 15 is 0 Å². The van der Waals surface area contributed by atoms with Crippen molar-refractivity contribution in [3.05, 3.63) is 51.5 Å². The number of likely N-dealkylation sites (N-methyl/N-ethyl adjacent to an activating group) is 2. The van der Waals surface area contributed by atoms with E-state index in [1.807, 2.05) is 55.5 Å². The fourth-order valence-corrected chi connectivity index (χ4v) is 3.34. The molecule has 2 aromatic rings. The van der Waals surface area contributed by atoms with E-state index in [0.29, 0.717) is 6.54 Å². The predicted molar refractivity (Wildman–Crippen MR) is 95.8 cm³/mol. The first kappa shape index (κ1) is 17.6. The highest BCUT2D eigenvalue weighted by Crippen LogP contribution is 2.21. The van der Waals surface area contributed by atoms with Crippen molar-refractivity contribution in [2.24, 2.45) is 0 Å². The lowest BCUT2D eigenvalue weighted by Crippen LogP contribution is -2.39. The van der Waals surface area contributed by atoms with Crippen molar-refractivity contribution in [2.75, 3.05) is 27.7 Å². The van der Waals surface area contributed by atoms with Gasteiger partial charge in [-0.1, -0.05) is 29.8 Å². The molecule has 0 bridgehead atoms. The third kappa shape index (κ3) is 4.39. The third-order valence-corrected chi connectivity index (χ3v) is 5.03. The zero-order valence-electron chi connectivity index (χ0n) is 14.5. The smallest absolute Gasteiger partial charge is 0.244 e. The number of hydrogen-bond donors (Lipinski definition) is 0. The van der Waals surface area contributed by atoms with Crippen molar-refractivity contribution in [1.82, 2.24) is 14.8 Å². The maximum atomic E-state index is 12.9. The summed E-state index contributed by atoms with van der Waals surface area (Å²) in [5.41, 5.74) is 5.17. The number of benzene rings is 1. The molecule has 0 fully saturated rings. The van der Waals surface area contributed by atoms with Gasteiger partial charge in [-0.05, 0) is 33.5 Å². The lowest BCUT2D eigenvalue weighted by atomic mass is 10.0. The number of rotatable bonds is 6. The monoisotopic (exact) mass is 331 g/mol. The van der Waals surface area contributed by atoms with Crippen molar-refractivity contribution in [3.63, 3.8) is 0 Å². The number of nitrogens with zero attached hydrogens (tertiary/aromatic N) is 3. The fourth-order valence-electron chi connectivity index (χ4n) is 2.56. The number of amides is 1. The van der Waals surface area contributed by atoms with Gasteiger partial charge in [0.15, 0.2) is 0 Å². The standard InChI is InChI=1S/C18H25N3OS/c1-13-6-8-15(9-7-13)17(20(3)4)18(22)21(5)11-10-16-14(2)19-12-23-16/h6-9,12,17H,10-11H2,1-5H3/t17-/m0/s1. The van der Waals surface area contributed by atoms with Crippen LogP contribution < -0.4 is 0 Å². The number of thiazole rings is 1. The number of aryl methyl sites for hydroxylation is 2. The topological polar surface area (TPSA) is 36.4 Å². The van der Waals surface area contributed by atoms with E-state index in [2.05, 4.69) is 24.0 Å². The lowest BCUT2D eigenvalue weighted by Gasteiger charge is -2.28. The number of carbonyl (C=O) groups is 1. The number of aromatic nitrogens is 1. The van der Waals surface area contributed by atoms with E-state index in [1.165, 1.54) is 10.4 Å². The van der Waals surface area contributed by atoms with Gasteiger partial charge in [-0.3, -0.25) is 9.69 Å². The highest BCUT2D eigenvalue weighted by Gasteiger charge is 2.25. The van der Waals surface area contributed by atoms with Crippen LogP contribution in [0.2, 0.25) is 0 Å². The SMILES string of the molecule is Cc1ccc([C@@H](C(=O)N(C)CCc2scnc2C)N(C)C)cc1. The number of carbonyl (C=O) groups excluding carboxylic acids is 1. The highest BCUT2D eigenvalue weighted by atomic mass is 32.1. The minimum atomic E-state index is -0.247. The summed E-state index contributed by atoms with van der Waals surface area (Å²) in [7, 11) is 5.77. The first-order valence-corrected chi connectivity index (χ1v) is 8.65. The van der Waals surface area contributed by atoms with E-state index in [9.17, 15) is 4.79 Å². The Morgan fingerprint density at radius 2 is 1.83 bits per heavy atom. The Morgan fingerprint density at radius 1 is 1.17 bits per heavy atom. The van der Waals surface area contributed by atoms with Crippen molar-refractivity contribution < 1.29 is 4.79 Å². The molecule has 1 atom stereocenters. The highest BCUT2D eigenvalue weighted by molar-refractivity contribution is 7.09. The Balaban J connectivity index is 2.08. The molecule has 4 nitrogen and oxygen atoms in total. The Kier molecular flexibility index (Phi) is 5.91. The van der Waals surface area contributed by atoms with Crippen molar-refractivity contribution in [1.29, 1.82) is 0 Å². The van der Waals surface area contributed by atoms with Gasteiger partial charge in [-0.2, -0.15) is 0 Å². The Bertz CT molecular complexity index is 649. The van der Waals surface area contributed by atoms with E-state index in [-0.39, 0.29) is 11.9 Å². The molecule has 0 saturated carbocycles. The fraction of sp³-hybridized carbons (Fsp3) is 0.444. The van der Waals surface area contributed by atoms with Gasteiger partial charge in [0.1, 0.15) is 6.04 Å². The van der Waals surface area contributed by atoms with Crippen molar-refractivity contribution >= 4 is 17.2 Å². The minimum Gasteiger partial charge on any atom is -0.344 e. The second-order valence-electron chi connectivity index (χ2n) is 6.15. The maximum absolute atomic E-state index is 12.9. The van der Waals surface area contributed by atoms with Gasteiger partial charge in [-0.25, -0.2) is 4.98 Å². The molecule has 23 heavy (non-hydrogen) atoms. The average Bonchev–Trinajstić information content (AvgIpc) is 2.92. The zero-order valence-corrected chi connectivity index (χ0v) is 15.4. The normalized spacial score (nSPS) is 12.4. The summed E-state index contributed by atoms with van der Waals surface area (Å²) < 4.78 is 0. The molecular weight excluding hydrogens is 306 g/mol. The van der Waals surface area contributed by atoms with Gasteiger partial charge in [0, 0.05) is 24.9 Å². The van der Waals surface area contributed by atoms with Crippen LogP contribution in [-0.4, -0.2) is 48.4 Å². The van der Waals surface area contributed by atoms with Crippen LogP contribution in [0.15, 0.2) is 29.8 Å². The van der Waals surface area contributed by atoms with Gasteiger partial charge in [0.25, 0.3) is 0 Å². The molecule has 1 amide bonds. The van der Waals surface area contributed by atoms with Crippen LogP contribution in [0.25, 0.3) is 0 Å². The van der Waals surface area contributed by atoms with Crippen LogP contribution in [0.1, 0.15) is 27.7 Å². The lowest BCUT2D eigenvalue weighted by molar-refractivity contribution is -0.135. The van der Waals surface area contributed by atoms with Gasteiger partial charge in [0.2, 0.25) is 5.91 Å². The van der Waals surface area contributed by atoms with E-state index < -0.39 is 0 Å².